The van der Waals surface area contributed by atoms with Gasteiger partial charge in [0.15, 0.2) is 0 Å². The first-order valence-electron chi connectivity index (χ1n) is 6.99. The molecule has 0 aliphatic rings. The lowest BCUT2D eigenvalue weighted by Gasteiger charge is -2.05. The third-order valence-electron chi connectivity index (χ3n) is 3.09. The number of aryl methyl sites for hydroxylation is 1. The molecule has 0 fully saturated rings. The molecule has 118 valence electrons. The van der Waals surface area contributed by atoms with Crippen molar-refractivity contribution in [2.75, 3.05) is 5.75 Å². The SMILES string of the molecule is Cc1ccc(-n2nnnc2SCC(=O)NCc2ccco2)cc1. The smallest absolute Gasteiger partial charge is 0.230 e. The molecule has 0 radical (unpaired) electrons. The molecule has 8 heteroatoms. The highest BCUT2D eigenvalue weighted by atomic mass is 32.2. The molecule has 0 aliphatic carbocycles. The minimum Gasteiger partial charge on any atom is -0.467 e. The summed E-state index contributed by atoms with van der Waals surface area (Å²) in [5.74, 6) is 0.838. The van der Waals surface area contributed by atoms with E-state index in [0.29, 0.717) is 17.5 Å². The van der Waals surface area contributed by atoms with E-state index in [-0.39, 0.29) is 11.7 Å². The number of rotatable bonds is 6. The Morgan fingerprint density at radius 1 is 1.30 bits per heavy atom. The third-order valence-corrected chi connectivity index (χ3v) is 4.01. The standard InChI is InChI=1S/C15H15N5O2S/c1-11-4-6-12(7-5-11)20-15(17-18-19-20)23-10-14(21)16-9-13-3-2-8-22-13/h2-8H,9-10H2,1H3,(H,16,21). The Labute approximate surface area is 137 Å². The first kappa shape index (κ1) is 15.3. The van der Waals surface area contributed by atoms with Crippen LogP contribution in [0.15, 0.2) is 52.2 Å². The number of aromatic nitrogens is 4. The van der Waals surface area contributed by atoms with Gasteiger partial charge in [-0.1, -0.05) is 29.5 Å². The second-order valence-electron chi connectivity index (χ2n) is 4.85. The van der Waals surface area contributed by atoms with Gasteiger partial charge in [0.1, 0.15) is 5.76 Å². The largest absolute Gasteiger partial charge is 0.467 e. The maximum absolute atomic E-state index is 11.9. The van der Waals surface area contributed by atoms with Crippen LogP contribution in [0.4, 0.5) is 0 Å². The highest BCUT2D eigenvalue weighted by molar-refractivity contribution is 7.99. The van der Waals surface area contributed by atoms with Gasteiger partial charge in [-0.3, -0.25) is 4.79 Å². The van der Waals surface area contributed by atoms with Crippen molar-refractivity contribution in [1.82, 2.24) is 25.5 Å². The molecule has 2 heterocycles. The molecule has 0 atom stereocenters. The van der Waals surface area contributed by atoms with Gasteiger partial charge in [-0.05, 0) is 41.6 Å². The van der Waals surface area contributed by atoms with Crippen molar-refractivity contribution in [3.63, 3.8) is 0 Å². The second-order valence-corrected chi connectivity index (χ2v) is 5.80. The third kappa shape index (κ3) is 3.98. The average Bonchev–Trinajstić information content (AvgIpc) is 3.23. The molecule has 0 aliphatic heterocycles. The molecular formula is C15H15N5O2S. The molecule has 23 heavy (non-hydrogen) atoms. The molecular weight excluding hydrogens is 314 g/mol. The Kier molecular flexibility index (Phi) is 4.72. The number of hydrogen-bond acceptors (Lipinski definition) is 6. The number of furan rings is 1. The van der Waals surface area contributed by atoms with E-state index in [4.69, 9.17) is 4.42 Å². The summed E-state index contributed by atoms with van der Waals surface area (Å²) in [6, 6.07) is 11.4. The van der Waals surface area contributed by atoms with Crippen molar-refractivity contribution < 1.29 is 9.21 Å². The van der Waals surface area contributed by atoms with Gasteiger partial charge in [0.25, 0.3) is 0 Å². The molecule has 0 saturated heterocycles. The summed E-state index contributed by atoms with van der Waals surface area (Å²) in [5.41, 5.74) is 2.02. The van der Waals surface area contributed by atoms with Gasteiger partial charge in [-0.15, -0.1) is 5.10 Å². The Morgan fingerprint density at radius 2 is 2.13 bits per heavy atom. The summed E-state index contributed by atoms with van der Waals surface area (Å²) >= 11 is 1.28. The number of hydrogen-bond donors (Lipinski definition) is 1. The maximum atomic E-state index is 11.9. The number of thioether (sulfide) groups is 1. The van der Waals surface area contributed by atoms with Crippen LogP contribution in [0.2, 0.25) is 0 Å². The van der Waals surface area contributed by atoms with Gasteiger partial charge >= 0.3 is 0 Å². The average molecular weight is 329 g/mol. The highest BCUT2D eigenvalue weighted by Gasteiger charge is 2.11. The van der Waals surface area contributed by atoms with Gasteiger partial charge in [-0.2, -0.15) is 4.68 Å². The summed E-state index contributed by atoms with van der Waals surface area (Å²) in [5, 5.41) is 15.0. The highest BCUT2D eigenvalue weighted by Crippen LogP contribution is 2.18. The Bertz CT molecular complexity index is 768. The predicted molar refractivity (Wildman–Crippen MR) is 85.2 cm³/mol. The Morgan fingerprint density at radius 3 is 2.87 bits per heavy atom. The van der Waals surface area contributed by atoms with Crippen LogP contribution in [0.1, 0.15) is 11.3 Å². The summed E-state index contributed by atoms with van der Waals surface area (Å²) in [6.45, 7) is 2.39. The number of benzene rings is 1. The molecule has 0 bridgehead atoms. The quantitative estimate of drug-likeness (QED) is 0.696. The number of nitrogens with zero attached hydrogens (tertiary/aromatic N) is 4. The normalized spacial score (nSPS) is 10.7. The number of carbonyl (C=O) groups is 1. The molecule has 1 N–H and O–H groups in total. The molecule has 1 aromatic carbocycles. The molecule has 3 aromatic rings. The first-order chi connectivity index (χ1) is 11.2. The molecule has 2 aromatic heterocycles. The van der Waals surface area contributed by atoms with Gasteiger partial charge < -0.3 is 9.73 Å². The van der Waals surface area contributed by atoms with Crippen LogP contribution in [-0.4, -0.2) is 31.9 Å². The zero-order valence-electron chi connectivity index (χ0n) is 12.5. The fourth-order valence-corrected chi connectivity index (χ4v) is 2.62. The lowest BCUT2D eigenvalue weighted by atomic mass is 10.2. The van der Waals surface area contributed by atoms with Crippen LogP contribution in [0.5, 0.6) is 0 Å². The fraction of sp³-hybridized carbons (Fsp3) is 0.200. The monoisotopic (exact) mass is 329 g/mol. The second kappa shape index (κ2) is 7.10. The molecule has 0 unspecified atom stereocenters. The summed E-state index contributed by atoms with van der Waals surface area (Å²) in [4.78, 5) is 11.9. The van der Waals surface area contributed by atoms with E-state index in [1.54, 1.807) is 17.0 Å². The van der Waals surface area contributed by atoms with Crippen molar-refractivity contribution >= 4 is 17.7 Å². The minimum absolute atomic E-state index is 0.107. The first-order valence-corrected chi connectivity index (χ1v) is 7.98. The van der Waals surface area contributed by atoms with Crippen molar-refractivity contribution in [2.45, 2.75) is 18.6 Å². The Hall–Kier alpha value is -2.61. The molecule has 0 saturated carbocycles. The van der Waals surface area contributed by atoms with Crippen LogP contribution in [0.3, 0.4) is 0 Å². The fourth-order valence-electron chi connectivity index (χ4n) is 1.90. The van der Waals surface area contributed by atoms with E-state index >= 15 is 0 Å². The van der Waals surface area contributed by atoms with E-state index < -0.39 is 0 Å². The predicted octanol–water partition coefficient (Wildman–Crippen LogP) is 1.97. The van der Waals surface area contributed by atoms with E-state index in [9.17, 15) is 4.79 Å². The number of amides is 1. The van der Waals surface area contributed by atoms with Crippen LogP contribution in [0.25, 0.3) is 5.69 Å². The van der Waals surface area contributed by atoms with Crippen LogP contribution in [-0.2, 0) is 11.3 Å². The van der Waals surface area contributed by atoms with E-state index in [1.807, 2.05) is 37.3 Å². The summed E-state index contributed by atoms with van der Waals surface area (Å²) < 4.78 is 6.78. The van der Waals surface area contributed by atoms with Gasteiger partial charge in [-0.25, -0.2) is 0 Å². The van der Waals surface area contributed by atoms with Crippen LogP contribution in [0, 0.1) is 6.92 Å². The number of tetrazole rings is 1. The number of carbonyl (C=O) groups excluding carboxylic acids is 1. The van der Waals surface area contributed by atoms with Crippen molar-refractivity contribution in [3.05, 3.63) is 54.0 Å². The summed E-state index contributed by atoms with van der Waals surface area (Å²) in [7, 11) is 0. The number of nitrogens with one attached hydrogen (secondary N) is 1. The van der Waals surface area contributed by atoms with Crippen LogP contribution < -0.4 is 5.32 Å². The van der Waals surface area contributed by atoms with E-state index in [2.05, 4.69) is 20.8 Å². The zero-order chi connectivity index (χ0) is 16.1. The molecule has 3 rings (SSSR count). The maximum Gasteiger partial charge on any atom is 0.230 e. The van der Waals surface area contributed by atoms with Crippen molar-refractivity contribution in [3.8, 4) is 5.69 Å². The lowest BCUT2D eigenvalue weighted by Crippen LogP contribution is -2.24. The topological polar surface area (TPSA) is 85.8 Å². The van der Waals surface area contributed by atoms with E-state index in [1.165, 1.54) is 11.8 Å². The molecule has 0 spiro atoms. The molecule has 7 nitrogen and oxygen atoms in total. The van der Waals surface area contributed by atoms with Crippen molar-refractivity contribution in [1.29, 1.82) is 0 Å². The Balaban J connectivity index is 1.57. The van der Waals surface area contributed by atoms with Crippen molar-refractivity contribution in [2.24, 2.45) is 0 Å². The summed E-state index contributed by atoms with van der Waals surface area (Å²) in [6.07, 6.45) is 1.58. The van der Waals surface area contributed by atoms with Gasteiger partial charge in [0.05, 0.1) is 24.2 Å². The lowest BCUT2D eigenvalue weighted by molar-refractivity contribution is -0.118. The van der Waals surface area contributed by atoms with Gasteiger partial charge in [0.2, 0.25) is 11.1 Å². The zero-order valence-corrected chi connectivity index (χ0v) is 13.3. The molecule has 1 amide bonds. The van der Waals surface area contributed by atoms with Gasteiger partial charge in [0, 0.05) is 0 Å². The minimum atomic E-state index is -0.107. The van der Waals surface area contributed by atoms with E-state index in [0.717, 1.165) is 11.3 Å². The van der Waals surface area contributed by atoms with Crippen LogP contribution >= 0.6 is 11.8 Å².